The standard InChI is InChI=1S/C10H18O2/c1-5-10(4,11)8-6-7-9(2,3)12-8/h5,8,11H,1,6-7H2,2-4H3. The molecule has 0 amide bonds. The summed E-state index contributed by atoms with van der Waals surface area (Å²) < 4.78 is 5.68. The highest BCUT2D eigenvalue weighted by molar-refractivity contribution is 5.01. The molecule has 12 heavy (non-hydrogen) atoms. The summed E-state index contributed by atoms with van der Waals surface area (Å²) in [7, 11) is 0. The van der Waals surface area contributed by atoms with Crippen molar-refractivity contribution in [2.45, 2.75) is 50.9 Å². The molecule has 0 spiro atoms. The van der Waals surface area contributed by atoms with Gasteiger partial charge in [-0.3, -0.25) is 0 Å². The summed E-state index contributed by atoms with van der Waals surface area (Å²) in [6.07, 6.45) is 3.37. The average Bonchev–Trinajstić information content (AvgIpc) is 2.31. The Hall–Kier alpha value is -0.340. The molecular weight excluding hydrogens is 152 g/mol. The van der Waals surface area contributed by atoms with Gasteiger partial charge in [-0.15, -0.1) is 6.58 Å². The van der Waals surface area contributed by atoms with E-state index >= 15 is 0 Å². The van der Waals surface area contributed by atoms with E-state index in [1.165, 1.54) is 0 Å². The minimum atomic E-state index is -0.881. The van der Waals surface area contributed by atoms with E-state index in [1.807, 2.05) is 13.8 Å². The van der Waals surface area contributed by atoms with E-state index in [4.69, 9.17) is 4.74 Å². The van der Waals surface area contributed by atoms with Crippen LogP contribution in [-0.4, -0.2) is 22.4 Å². The van der Waals surface area contributed by atoms with Gasteiger partial charge in [0.25, 0.3) is 0 Å². The molecule has 1 N–H and O–H groups in total. The molecule has 0 aromatic heterocycles. The topological polar surface area (TPSA) is 29.5 Å². The van der Waals surface area contributed by atoms with E-state index in [0.717, 1.165) is 12.8 Å². The lowest BCUT2D eigenvalue weighted by atomic mass is 9.96. The molecule has 2 unspecified atom stereocenters. The van der Waals surface area contributed by atoms with Gasteiger partial charge in [0.05, 0.1) is 11.7 Å². The predicted molar refractivity (Wildman–Crippen MR) is 49.0 cm³/mol. The van der Waals surface area contributed by atoms with Crippen molar-refractivity contribution < 1.29 is 9.84 Å². The van der Waals surface area contributed by atoms with Crippen molar-refractivity contribution in [3.63, 3.8) is 0 Å². The fraction of sp³-hybridized carbons (Fsp3) is 0.800. The van der Waals surface area contributed by atoms with Gasteiger partial charge < -0.3 is 9.84 Å². The molecule has 1 aliphatic heterocycles. The third-order valence-corrected chi connectivity index (χ3v) is 2.54. The average molecular weight is 170 g/mol. The van der Waals surface area contributed by atoms with E-state index in [2.05, 4.69) is 6.58 Å². The molecule has 1 heterocycles. The third-order valence-electron chi connectivity index (χ3n) is 2.54. The Kier molecular flexibility index (Phi) is 2.32. The summed E-state index contributed by atoms with van der Waals surface area (Å²) in [6.45, 7) is 9.43. The Morgan fingerprint density at radius 1 is 1.67 bits per heavy atom. The van der Waals surface area contributed by atoms with Gasteiger partial charge in [0.2, 0.25) is 0 Å². The van der Waals surface area contributed by atoms with Crippen LogP contribution in [0.1, 0.15) is 33.6 Å². The summed E-state index contributed by atoms with van der Waals surface area (Å²) in [4.78, 5) is 0. The Labute approximate surface area is 74.2 Å². The lowest BCUT2D eigenvalue weighted by Crippen LogP contribution is -2.38. The molecular formula is C10H18O2. The van der Waals surface area contributed by atoms with Gasteiger partial charge in [-0.05, 0) is 33.6 Å². The minimum absolute atomic E-state index is 0.0856. The summed E-state index contributed by atoms with van der Waals surface area (Å²) in [5.74, 6) is 0. The maximum Gasteiger partial charge on any atom is 0.106 e. The van der Waals surface area contributed by atoms with Gasteiger partial charge >= 0.3 is 0 Å². The molecule has 0 saturated carbocycles. The molecule has 0 aromatic rings. The van der Waals surface area contributed by atoms with Gasteiger partial charge in [-0.1, -0.05) is 6.08 Å². The molecule has 0 aromatic carbocycles. The lowest BCUT2D eigenvalue weighted by molar-refractivity contribution is -0.0958. The van der Waals surface area contributed by atoms with Crippen molar-refractivity contribution in [3.05, 3.63) is 12.7 Å². The van der Waals surface area contributed by atoms with Crippen LogP contribution in [0.5, 0.6) is 0 Å². The van der Waals surface area contributed by atoms with Crippen molar-refractivity contribution in [1.82, 2.24) is 0 Å². The first-order valence-electron chi connectivity index (χ1n) is 4.41. The summed E-state index contributed by atoms with van der Waals surface area (Å²) in [5, 5.41) is 9.81. The molecule has 1 aliphatic rings. The molecule has 1 saturated heterocycles. The van der Waals surface area contributed by atoms with Crippen LogP contribution < -0.4 is 0 Å². The SMILES string of the molecule is C=CC(C)(O)C1CCC(C)(C)O1. The molecule has 1 fully saturated rings. The van der Waals surface area contributed by atoms with Crippen LogP contribution in [0.4, 0.5) is 0 Å². The van der Waals surface area contributed by atoms with Crippen LogP contribution in [0.25, 0.3) is 0 Å². The maximum atomic E-state index is 9.81. The van der Waals surface area contributed by atoms with Crippen molar-refractivity contribution in [1.29, 1.82) is 0 Å². The molecule has 70 valence electrons. The molecule has 1 rings (SSSR count). The Bertz CT molecular complexity index is 182. The van der Waals surface area contributed by atoms with Crippen molar-refractivity contribution in [2.24, 2.45) is 0 Å². The molecule has 0 bridgehead atoms. The van der Waals surface area contributed by atoms with E-state index in [1.54, 1.807) is 13.0 Å². The lowest BCUT2D eigenvalue weighted by Gasteiger charge is -2.28. The van der Waals surface area contributed by atoms with Crippen LogP contribution >= 0.6 is 0 Å². The second-order valence-corrected chi connectivity index (χ2v) is 4.33. The highest BCUT2D eigenvalue weighted by atomic mass is 16.5. The Morgan fingerprint density at radius 3 is 2.58 bits per heavy atom. The van der Waals surface area contributed by atoms with E-state index in [0.29, 0.717) is 0 Å². The van der Waals surface area contributed by atoms with Gasteiger partial charge in [0.1, 0.15) is 5.60 Å². The Morgan fingerprint density at radius 2 is 2.25 bits per heavy atom. The summed E-state index contributed by atoms with van der Waals surface area (Å²) in [5.41, 5.74) is -0.967. The zero-order chi connectivity index (χ0) is 9.41. The van der Waals surface area contributed by atoms with Gasteiger partial charge in [-0.25, -0.2) is 0 Å². The van der Waals surface area contributed by atoms with Crippen LogP contribution in [0.2, 0.25) is 0 Å². The monoisotopic (exact) mass is 170 g/mol. The van der Waals surface area contributed by atoms with Crippen molar-refractivity contribution in [2.75, 3.05) is 0 Å². The fourth-order valence-electron chi connectivity index (χ4n) is 1.52. The van der Waals surface area contributed by atoms with Crippen LogP contribution in [0.3, 0.4) is 0 Å². The molecule has 0 radical (unpaired) electrons. The number of hydrogen-bond acceptors (Lipinski definition) is 2. The molecule has 2 heteroatoms. The maximum absolute atomic E-state index is 9.81. The summed E-state index contributed by atoms with van der Waals surface area (Å²) in [6, 6.07) is 0. The molecule has 2 nitrogen and oxygen atoms in total. The van der Waals surface area contributed by atoms with Gasteiger partial charge in [-0.2, -0.15) is 0 Å². The summed E-state index contributed by atoms with van der Waals surface area (Å²) >= 11 is 0. The largest absolute Gasteiger partial charge is 0.383 e. The van der Waals surface area contributed by atoms with Crippen molar-refractivity contribution in [3.8, 4) is 0 Å². The normalized spacial score (nSPS) is 32.8. The van der Waals surface area contributed by atoms with Gasteiger partial charge in [0, 0.05) is 0 Å². The zero-order valence-corrected chi connectivity index (χ0v) is 8.13. The first-order valence-corrected chi connectivity index (χ1v) is 4.41. The fourth-order valence-corrected chi connectivity index (χ4v) is 1.52. The first kappa shape index (κ1) is 9.75. The smallest absolute Gasteiger partial charge is 0.106 e. The van der Waals surface area contributed by atoms with Crippen LogP contribution in [0.15, 0.2) is 12.7 Å². The number of ether oxygens (including phenoxy) is 1. The van der Waals surface area contributed by atoms with E-state index in [-0.39, 0.29) is 11.7 Å². The second-order valence-electron chi connectivity index (χ2n) is 4.33. The highest BCUT2D eigenvalue weighted by Gasteiger charge is 2.40. The van der Waals surface area contributed by atoms with E-state index in [9.17, 15) is 5.11 Å². The second kappa shape index (κ2) is 2.86. The number of hydrogen-bond donors (Lipinski definition) is 1. The van der Waals surface area contributed by atoms with Gasteiger partial charge in [0.15, 0.2) is 0 Å². The minimum Gasteiger partial charge on any atom is -0.383 e. The number of aliphatic hydroxyl groups is 1. The third kappa shape index (κ3) is 1.87. The highest BCUT2D eigenvalue weighted by Crippen LogP contribution is 2.34. The zero-order valence-electron chi connectivity index (χ0n) is 8.13. The first-order chi connectivity index (χ1) is 5.37. The van der Waals surface area contributed by atoms with Crippen LogP contribution in [-0.2, 0) is 4.74 Å². The van der Waals surface area contributed by atoms with E-state index < -0.39 is 5.60 Å². The number of rotatable bonds is 2. The van der Waals surface area contributed by atoms with Crippen molar-refractivity contribution >= 4 is 0 Å². The Balaban J connectivity index is 2.63. The van der Waals surface area contributed by atoms with Crippen LogP contribution in [0, 0.1) is 0 Å². The quantitative estimate of drug-likeness (QED) is 0.641. The molecule has 0 aliphatic carbocycles. The molecule has 2 atom stereocenters. The predicted octanol–water partition coefficient (Wildman–Crippen LogP) is 1.88.